The SMILES string of the molecule is COc1ccc(CN2CCc3cc(C4(C#N)CC4)ccc3C2=O)cc1.COc1ccc(CN2CCc3cc(C4(C(=O)O)CC4)ccc3C2=O)cc1. The summed E-state index contributed by atoms with van der Waals surface area (Å²) in [5, 5.41) is 18.8. The van der Waals surface area contributed by atoms with Crippen LogP contribution < -0.4 is 9.47 Å². The molecule has 0 unspecified atom stereocenters. The van der Waals surface area contributed by atoms with Gasteiger partial charge in [0, 0.05) is 37.3 Å². The molecule has 9 heteroatoms. The third-order valence-electron chi connectivity index (χ3n) is 10.8. The molecule has 0 radical (unpaired) electrons. The Morgan fingerprint density at radius 1 is 0.706 bits per heavy atom. The highest BCUT2D eigenvalue weighted by atomic mass is 16.5. The number of hydrogen-bond acceptors (Lipinski definition) is 6. The number of nitriles is 1. The predicted octanol–water partition coefficient (Wildman–Crippen LogP) is 6.46. The number of ether oxygens (including phenoxy) is 2. The lowest BCUT2D eigenvalue weighted by atomic mass is 9.89. The average Bonchev–Trinajstić information content (AvgIpc) is 4.10. The van der Waals surface area contributed by atoms with Gasteiger partial charge >= 0.3 is 5.97 Å². The summed E-state index contributed by atoms with van der Waals surface area (Å²) < 4.78 is 10.3. The van der Waals surface area contributed by atoms with Crippen LogP contribution in [0.1, 0.15) is 79.8 Å². The van der Waals surface area contributed by atoms with E-state index in [1.54, 1.807) is 20.3 Å². The minimum Gasteiger partial charge on any atom is -0.497 e. The number of carboxylic acids is 1. The molecule has 0 saturated heterocycles. The van der Waals surface area contributed by atoms with Gasteiger partial charge in [0.1, 0.15) is 11.5 Å². The van der Waals surface area contributed by atoms with Crippen molar-refractivity contribution in [1.82, 2.24) is 9.80 Å². The van der Waals surface area contributed by atoms with Gasteiger partial charge in [0.15, 0.2) is 0 Å². The fraction of sp³-hybridized carbons (Fsp3) is 0.333. The van der Waals surface area contributed by atoms with E-state index in [0.29, 0.717) is 44.6 Å². The predicted molar refractivity (Wildman–Crippen MR) is 191 cm³/mol. The van der Waals surface area contributed by atoms with Gasteiger partial charge in [-0.1, -0.05) is 48.5 Å². The number of carbonyl (C=O) groups is 3. The number of amides is 2. The Kier molecular flexibility index (Phi) is 9.02. The van der Waals surface area contributed by atoms with Gasteiger partial charge in [0.05, 0.1) is 31.1 Å². The Bertz CT molecular complexity index is 2020. The number of fused-ring (bicyclic) bond motifs is 2. The standard InChI is InChI=1S/C21H20N2O2.C21H21NO4/c1-25-18-5-2-15(3-6-18)13-23-11-8-16-12-17(21(14-22)9-10-21)4-7-19(16)20(23)24;1-26-17-5-2-14(3-6-17)13-22-11-8-15-12-16(4-7-18(15)19(22)23)21(9-10-21)20(24)25/h2-7,12H,8-11,13H2,1H3;2-7,12H,8-11,13H2,1H3,(H,24,25). The van der Waals surface area contributed by atoms with Gasteiger partial charge in [-0.15, -0.1) is 0 Å². The van der Waals surface area contributed by atoms with Crippen molar-refractivity contribution >= 4 is 17.8 Å². The van der Waals surface area contributed by atoms with E-state index in [2.05, 4.69) is 12.1 Å². The average molecular weight is 684 g/mol. The van der Waals surface area contributed by atoms with Gasteiger partial charge in [-0.25, -0.2) is 0 Å². The van der Waals surface area contributed by atoms with Crippen LogP contribution in [0.5, 0.6) is 11.5 Å². The molecule has 0 spiro atoms. The molecule has 2 amide bonds. The molecular weight excluding hydrogens is 642 g/mol. The molecule has 9 nitrogen and oxygen atoms in total. The van der Waals surface area contributed by atoms with Crippen LogP contribution in [0.4, 0.5) is 0 Å². The molecule has 0 bridgehead atoms. The summed E-state index contributed by atoms with van der Waals surface area (Å²) in [4.78, 5) is 40.9. The van der Waals surface area contributed by atoms with Crippen molar-refractivity contribution in [1.29, 1.82) is 5.26 Å². The fourth-order valence-corrected chi connectivity index (χ4v) is 7.21. The van der Waals surface area contributed by atoms with Crippen molar-refractivity contribution in [2.24, 2.45) is 0 Å². The number of methoxy groups -OCH3 is 2. The second-order valence-electron chi connectivity index (χ2n) is 14.0. The Hall–Kier alpha value is -5.62. The molecule has 2 aliphatic heterocycles. The summed E-state index contributed by atoms with van der Waals surface area (Å²) in [7, 11) is 3.27. The minimum absolute atomic E-state index is 0.00814. The van der Waals surface area contributed by atoms with E-state index in [0.717, 1.165) is 76.1 Å². The lowest BCUT2D eigenvalue weighted by Crippen LogP contribution is -2.37. The second kappa shape index (κ2) is 13.6. The number of benzene rings is 4. The van der Waals surface area contributed by atoms with E-state index in [4.69, 9.17) is 9.47 Å². The lowest BCUT2D eigenvalue weighted by molar-refractivity contribution is -0.140. The smallest absolute Gasteiger partial charge is 0.314 e. The molecule has 2 aliphatic carbocycles. The summed E-state index contributed by atoms with van der Waals surface area (Å²) in [6, 6.07) is 29.5. The molecule has 2 saturated carbocycles. The van der Waals surface area contributed by atoms with Crippen LogP contribution in [0.2, 0.25) is 0 Å². The molecule has 0 atom stereocenters. The van der Waals surface area contributed by atoms with Gasteiger partial charge < -0.3 is 24.4 Å². The quantitative estimate of drug-likeness (QED) is 0.215. The van der Waals surface area contributed by atoms with Crippen molar-refractivity contribution in [3.8, 4) is 17.6 Å². The van der Waals surface area contributed by atoms with E-state index in [9.17, 15) is 24.8 Å². The van der Waals surface area contributed by atoms with Crippen molar-refractivity contribution in [2.75, 3.05) is 27.3 Å². The highest BCUT2D eigenvalue weighted by molar-refractivity contribution is 5.98. The van der Waals surface area contributed by atoms with Crippen molar-refractivity contribution in [3.63, 3.8) is 0 Å². The first-order chi connectivity index (χ1) is 24.7. The molecular formula is C42H41N3O6. The number of nitrogens with zero attached hydrogens (tertiary/aromatic N) is 3. The Morgan fingerprint density at radius 3 is 1.55 bits per heavy atom. The zero-order chi connectivity index (χ0) is 35.8. The van der Waals surface area contributed by atoms with E-state index >= 15 is 0 Å². The van der Waals surface area contributed by atoms with Gasteiger partial charge in [-0.05, 0) is 108 Å². The van der Waals surface area contributed by atoms with E-state index in [-0.39, 0.29) is 17.2 Å². The van der Waals surface area contributed by atoms with Crippen LogP contribution in [0, 0.1) is 11.3 Å². The topological polar surface area (TPSA) is 120 Å². The summed E-state index contributed by atoms with van der Waals surface area (Å²) >= 11 is 0. The largest absolute Gasteiger partial charge is 0.497 e. The number of rotatable bonds is 9. The molecule has 4 aromatic carbocycles. The summed E-state index contributed by atoms with van der Waals surface area (Å²) in [6.45, 7) is 2.51. The van der Waals surface area contributed by atoms with Crippen molar-refractivity contribution in [2.45, 2.75) is 62.4 Å². The maximum absolute atomic E-state index is 12.8. The van der Waals surface area contributed by atoms with Crippen molar-refractivity contribution in [3.05, 3.63) is 129 Å². The Morgan fingerprint density at radius 2 is 1.16 bits per heavy atom. The van der Waals surface area contributed by atoms with E-state index in [1.807, 2.05) is 82.6 Å². The van der Waals surface area contributed by atoms with Crippen LogP contribution in [-0.2, 0) is 41.6 Å². The monoisotopic (exact) mass is 683 g/mol. The van der Waals surface area contributed by atoms with E-state index < -0.39 is 11.4 Å². The molecule has 2 fully saturated rings. The number of carboxylic acid groups (broad SMARTS) is 1. The van der Waals surface area contributed by atoms with Crippen LogP contribution >= 0.6 is 0 Å². The number of hydrogen-bond donors (Lipinski definition) is 1. The molecule has 4 aromatic rings. The normalized spacial score (nSPS) is 17.6. The summed E-state index contributed by atoms with van der Waals surface area (Å²) in [6.07, 6.45) is 4.81. The van der Waals surface area contributed by atoms with Crippen LogP contribution in [-0.4, -0.2) is 60.0 Å². The minimum atomic E-state index is -0.763. The zero-order valence-electron chi connectivity index (χ0n) is 29.0. The van der Waals surface area contributed by atoms with Gasteiger partial charge in [-0.2, -0.15) is 5.26 Å². The zero-order valence-corrected chi connectivity index (χ0v) is 29.0. The molecule has 4 aliphatic rings. The maximum atomic E-state index is 12.8. The van der Waals surface area contributed by atoms with Crippen LogP contribution in [0.3, 0.4) is 0 Å². The van der Waals surface area contributed by atoms with Crippen LogP contribution in [0.25, 0.3) is 0 Å². The first kappa shape index (κ1) is 33.9. The Labute approximate surface area is 298 Å². The third-order valence-corrected chi connectivity index (χ3v) is 10.8. The summed E-state index contributed by atoms with van der Waals surface area (Å²) in [5.74, 6) is 0.932. The third kappa shape index (κ3) is 6.66. The highest BCUT2D eigenvalue weighted by Gasteiger charge is 2.52. The summed E-state index contributed by atoms with van der Waals surface area (Å²) in [5.41, 5.74) is 6.55. The van der Waals surface area contributed by atoms with Crippen LogP contribution in [0.15, 0.2) is 84.9 Å². The van der Waals surface area contributed by atoms with Crippen molar-refractivity contribution < 1.29 is 29.0 Å². The van der Waals surface area contributed by atoms with Gasteiger partial charge in [0.25, 0.3) is 11.8 Å². The molecule has 51 heavy (non-hydrogen) atoms. The second-order valence-corrected chi connectivity index (χ2v) is 14.0. The lowest BCUT2D eigenvalue weighted by Gasteiger charge is -2.29. The maximum Gasteiger partial charge on any atom is 0.314 e. The highest BCUT2D eigenvalue weighted by Crippen LogP contribution is 2.49. The first-order valence-electron chi connectivity index (χ1n) is 17.4. The molecule has 2 heterocycles. The van der Waals surface area contributed by atoms with Gasteiger partial charge in [-0.3, -0.25) is 14.4 Å². The molecule has 260 valence electrons. The number of aliphatic carboxylic acids is 1. The molecule has 8 rings (SSSR count). The fourth-order valence-electron chi connectivity index (χ4n) is 7.21. The first-order valence-corrected chi connectivity index (χ1v) is 17.4. The molecule has 0 aromatic heterocycles. The Balaban J connectivity index is 0.000000159. The van der Waals surface area contributed by atoms with E-state index in [1.165, 1.54) is 0 Å². The number of carbonyl (C=O) groups excluding carboxylic acids is 2. The van der Waals surface area contributed by atoms with Gasteiger partial charge in [0.2, 0.25) is 0 Å². The molecule has 1 N–H and O–H groups in total.